The zero-order valence-electron chi connectivity index (χ0n) is 15.1. The Morgan fingerprint density at radius 1 is 1.44 bits per heavy atom. The van der Waals surface area contributed by atoms with Crippen molar-refractivity contribution >= 4 is 11.7 Å². The molecule has 0 unspecified atom stereocenters. The lowest BCUT2D eigenvalue weighted by molar-refractivity contribution is 0.00857. The van der Waals surface area contributed by atoms with Crippen molar-refractivity contribution in [2.45, 2.75) is 26.3 Å². The molecular formula is C19H26N4O2. The van der Waals surface area contributed by atoms with Crippen LogP contribution in [0.2, 0.25) is 0 Å². The van der Waals surface area contributed by atoms with Crippen molar-refractivity contribution in [2.24, 2.45) is 13.0 Å². The van der Waals surface area contributed by atoms with Crippen LogP contribution in [0.15, 0.2) is 36.7 Å². The molecule has 134 valence electrons. The number of morpholine rings is 1. The number of carbonyl (C=O) groups excluding carboxylic acids is 1. The molecule has 1 atom stereocenters. The number of amides is 2. The summed E-state index contributed by atoms with van der Waals surface area (Å²) in [7, 11) is 1.96. The van der Waals surface area contributed by atoms with E-state index < -0.39 is 0 Å². The maximum Gasteiger partial charge on any atom is 0.322 e. The van der Waals surface area contributed by atoms with Crippen molar-refractivity contribution < 1.29 is 9.53 Å². The van der Waals surface area contributed by atoms with Crippen LogP contribution >= 0.6 is 0 Å². The van der Waals surface area contributed by atoms with Crippen LogP contribution in [0.25, 0.3) is 11.4 Å². The lowest BCUT2D eigenvalue weighted by Gasteiger charge is -2.36. The molecule has 2 amide bonds. The predicted octanol–water partition coefficient (Wildman–Crippen LogP) is 3.37. The van der Waals surface area contributed by atoms with E-state index in [-0.39, 0.29) is 12.1 Å². The Hall–Kier alpha value is -2.34. The number of imidazole rings is 1. The van der Waals surface area contributed by atoms with Crippen LogP contribution in [0.4, 0.5) is 10.5 Å². The Balaban J connectivity index is 1.73. The highest BCUT2D eigenvalue weighted by Gasteiger charge is 2.27. The van der Waals surface area contributed by atoms with E-state index in [4.69, 9.17) is 4.74 Å². The minimum atomic E-state index is -0.0639. The highest BCUT2D eigenvalue weighted by molar-refractivity contribution is 5.90. The molecule has 1 aliphatic heterocycles. The molecule has 0 radical (unpaired) electrons. The van der Waals surface area contributed by atoms with Crippen LogP contribution in [0.1, 0.15) is 20.3 Å². The summed E-state index contributed by atoms with van der Waals surface area (Å²) in [5, 5.41) is 3.03. The molecule has 1 fully saturated rings. The first-order valence-corrected chi connectivity index (χ1v) is 8.77. The Morgan fingerprint density at radius 3 is 3.00 bits per heavy atom. The maximum absolute atomic E-state index is 12.8. The molecule has 1 saturated heterocycles. The van der Waals surface area contributed by atoms with Crippen molar-refractivity contribution in [1.29, 1.82) is 0 Å². The maximum atomic E-state index is 12.8. The molecule has 25 heavy (non-hydrogen) atoms. The lowest BCUT2D eigenvalue weighted by Crippen LogP contribution is -2.50. The zero-order valence-corrected chi connectivity index (χ0v) is 15.1. The minimum Gasteiger partial charge on any atom is -0.377 e. The van der Waals surface area contributed by atoms with Crippen molar-refractivity contribution in [3.8, 4) is 11.4 Å². The number of anilines is 1. The average Bonchev–Trinajstić information content (AvgIpc) is 3.01. The number of nitrogens with one attached hydrogen (secondary N) is 1. The van der Waals surface area contributed by atoms with Gasteiger partial charge in [-0.05, 0) is 24.5 Å². The van der Waals surface area contributed by atoms with E-state index in [0.717, 1.165) is 23.5 Å². The van der Waals surface area contributed by atoms with E-state index in [1.165, 1.54) is 0 Å². The van der Waals surface area contributed by atoms with E-state index in [2.05, 4.69) is 24.1 Å². The summed E-state index contributed by atoms with van der Waals surface area (Å²) in [4.78, 5) is 19.0. The fourth-order valence-corrected chi connectivity index (χ4v) is 3.24. The number of hydrogen-bond acceptors (Lipinski definition) is 3. The summed E-state index contributed by atoms with van der Waals surface area (Å²) in [5.41, 5.74) is 1.76. The lowest BCUT2D eigenvalue weighted by atomic mass is 10.0. The number of ether oxygens (including phenoxy) is 1. The number of rotatable bonds is 4. The van der Waals surface area contributed by atoms with Gasteiger partial charge in [-0.15, -0.1) is 0 Å². The molecule has 1 aromatic heterocycles. The molecule has 1 N–H and O–H groups in total. The molecule has 3 rings (SSSR count). The van der Waals surface area contributed by atoms with E-state index >= 15 is 0 Å². The summed E-state index contributed by atoms with van der Waals surface area (Å²) in [6.45, 7) is 6.17. The first kappa shape index (κ1) is 17.5. The largest absolute Gasteiger partial charge is 0.377 e. The minimum absolute atomic E-state index is 0.0639. The molecule has 6 heteroatoms. The molecule has 1 aliphatic rings. The van der Waals surface area contributed by atoms with Gasteiger partial charge in [0, 0.05) is 37.2 Å². The van der Waals surface area contributed by atoms with Crippen molar-refractivity contribution in [3.63, 3.8) is 0 Å². The van der Waals surface area contributed by atoms with Gasteiger partial charge in [-0.2, -0.15) is 0 Å². The third-order valence-corrected chi connectivity index (χ3v) is 4.43. The van der Waals surface area contributed by atoms with Crippen LogP contribution < -0.4 is 5.32 Å². The Labute approximate surface area is 148 Å². The topological polar surface area (TPSA) is 59.4 Å². The van der Waals surface area contributed by atoms with E-state index in [1.54, 1.807) is 6.20 Å². The van der Waals surface area contributed by atoms with Gasteiger partial charge in [0.25, 0.3) is 0 Å². The number of nitrogens with zero attached hydrogens (tertiary/aromatic N) is 3. The van der Waals surface area contributed by atoms with Crippen LogP contribution in [0, 0.1) is 5.92 Å². The van der Waals surface area contributed by atoms with Gasteiger partial charge in [0.15, 0.2) is 0 Å². The van der Waals surface area contributed by atoms with Gasteiger partial charge in [-0.25, -0.2) is 9.78 Å². The standard InChI is InChI=1S/C19H26N4O2/c1-14(2)11-17-13-25-10-9-23(17)19(24)21-16-6-4-5-15(12-16)18-20-7-8-22(18)3/h4-8,12,14,17H,9-11,13H2,1-3H3,(H,21,24)/t17-/m1/s1. The average molecular weight is 342 g/mol. The molecule has 0 bridgehead atoms. The first-order valence-electron chi connectivity index (χ1n) is 8.77. The first-order chi connectivity index (χ1) is 12.0. The highest BCUT2D eigenvalue weighted by atomic mass is 16.5. The molecule has 0 aliphatic carbocycles. The Kier molecular flexibility index (Phi) is 5.38. The summed E-state index contributed by atoms with van der Waals surface area (Å²) in [5.74, 6) is 1.40. The Morgan fingerprint density at radius 2 is 2.28 bits per heavy atom. The molecular weight excluding hydrogens is 316 g/mol. The SMILES string of the molecule is CC(C)C[C@@H]1COCCN1C(=O)Nc1cccc(-c2nccn2C)c1. The second-order valence-electron chi connectivity index (χ2n) is 6.92. The van der Waals surface area contributed by atoms with Gasteiger partial charge in [-0.3, -0.25) is 0 Å². The summed E-state index contributed by atoms with van der Waals surface area (Å²) >= 11 is 0. The van der Waals surface area contributed by atoms with E-state index in [1.807, 2.05) is 47.0 Å². The highest BCUT2D eigenvalue weighted by Crippen LogP contribution is 2.22. The van der Waals surface area contributed by atoms with Crippen molar-refractivity contribution in [3.05, 3.63) is 36.7 Å². The van der Waals surface area contributed by atoms with E-state index in [9.17, 15) is 4.79 Å². The third kappa shape index (κ3) is 4.20. The number of aryl methyl sites for hydroxylation is 1. The quantitative estimate of drug-likeness (QED) is 0.927. The van der Waals surface area contributed by atoms with Gasteiger partial charge in [0.05, 0.1) is 19.3 Å². The van der Waals surface area contributed by atoms with Gasteiger partial charge in [0.1, 0.15) is 5.82 Å². The number of carbonyl (C=O) groups is 1. The number of urea groups is 1. The smallest absolute Gasteiger partial charge is 0.322 e. The molecule has 1 aromatic carbocycles. The molecule has 2 heterocycles. The van der Waals surface area contributed by atoms with Gasteiger partial charge < -0.3 is 19.5 Å². The van der Waals surface area contributed by atoms with Crippen LogP contribution in [0.3, 0.4) is 0 Å². The summed E-state index contributed by atoms with van der Waals surface area (Å²) in [6.07, 6.45) is 4.62. The fourth-order valence-electron chi connectivity index (χ4n) is 3.24. The summed E-state index contributed by atoms with van der Waals surface area (Å²) in [6, 6.07) is 7.86. The molecule has 0 saturated carbocycles. The Bertz CT molecular complexity index is 726. The fraction of sp³-hybridized carbons (Fsp3) is 0.474. The normalized spacial score (nSPS) is 17.8. The molecule has 0 spiro atoms. The summed E-state index contributed by atoms with van der Waals surface area (Å²) < 4.78 is 7.52. The third-order valence-electron chi connectivity index (χ3n) is 4.43. The second-order valence-corrected chi connectivity index (χ2v) is 6.92. The van der Waals surface area contributed by atoms with Crippen molar-refractivity contribution in [2.75, 3.05) is 25.1 Å². The van der Waals surface area contributed by atoms with Crippen LogP contribution in [-0.4, -0.2) is 46.3 Å². The van der Waals surface area contributed by atoms with Gasteiger partial charge in [0.2, 0.25) is 0 Å². The molecule has 2 aromatic rings. The zero-order chi connectivity index (χ0) is 17.8. The second kappa shape index (κ2) is 7.70. The predicted molar refractivity (Wildman–Crippen MR) is 98.4 cm³/mol. The van der Waals surface area contributed by atoms with Crippen LogP contribution in [-0.2, 0) is 11.8 Å². The number of benzene rings is 1. The van der Waals surface area contributed by atoms with Crippen molar-refractivity contribution in [1.82, 2.24) is 14.5 Å². The van der Waals surface area contributed by atoms with Gasteiger partial charge in [-0.1, -0.05) is 26.0 Å². The van der Waals surface area contributed by atoms with E-state index in [0.29, 0.717) is 25.7 Å². The molecule has 6 nitrogen and oxygen atoms in total. The number of hydrogen-bond donors (Lipinski definition) is 1. The number of aromatic nitrogens is 2. The van der Waals surface area contributed by atoms with Crippen LogP contribution in [0.5, 0.6) is 0 Å². The van der Waals surface area contributed by atoms with Gasteiger partial charge >= 0.3 is 6.03 Å². The monoisotopic (exact) mass is 342 g/mol.